The molecule has 0 radical (unpaired) electrons. The zero-order chi connectivity index (χ0) is 19.2. The van der Waals surface area contributed by atoms with Gasteiger partial charge in [0.25, 0.3) is 0 Å². The minimum Gasteiger partial charge on any atom is -0.413 e. The lowest BCUT2D eigenvalue weighted by Crippen LogP contribution is -2.40. The summed E-state index contributed by atoms with van der Waals surface area (Å²) in [5.41, 5.74) is 2.63. The van der Waals surface area contributed by atoms with E-state index in [1.165, 1.54) is 11.1 Å². The normalized spacial score (nSPS) is 15.2. The molecule has 26 heavy (non-hydrogen) atoms. The third-order valence-corrected chi connectivity index (χ3v) is 10.0. The van der Waals surface area contributed by atoms with Crippen molar-refractivity contribution in [3.63, 3.8) is 0 Å². The number of benzene rings is 1. The molecule has 0 bridgehead atoms. The van der Waals surface area contributed by atoms with Crippen molar-refractivity contribution in [2.24, 2.45) is 5.92 Å². The van der Waals surface area contributed by atoms with Crippen LogP contribution in [0.15, 0.2) is 67.0 Å². The Hall–Kier alpha value is -1.71. The van der Waals surface area contributed by atoms with Crippen LogP contribution in [-0.2, 0) is 4.43 Å². The largest absolute Gasteiger partial charge is 0.413 e. The van der Waals surface area contributed by atoms with E-state index in [-0.39, 0.29) is 5.04 Å². The van der Waals surface area contributed by atoms with E-state index in [9.17, 15) is 0 Å². The summed E-state index contributed by atoms with van der Waals surface area (Å²) >= 11 is 0. The Bertz CT molecular complexity index is 650. The lowest BCUT2D eigenvalue weighted by atomic mass is 9.82. The molecule has 0 aliphatic rings. The lowest BCUT2D eigenvalue weighted by Gasteiger charge is -2.35. The van der Waals surface area contributed by atoms with Crippen LogP contribution < -0.4 is 0 Å². The van der Waals surface area contributed by atoms with E-state index in [4.69, 9.17) is 4.43 Å². The third-order valence-electron chi connectivity index (χ3n) is 5.54. The van der Waals surface area contributed by atoms with Crippen LogP contribution in [0.3, 0.4) is 0 Å². The van der Waals surface area contributed by atoms with Crippen molar-refractivity contribution in [3.05, 3.63) is 78.1 Å². The van der Waals surface area contributed by atoms with Gasteiger partial charge in [-0.3, -0.25) is 4.98 Å². The van der Waals surface area contributed by atoms with Crippen molar-refractivity contribution in [2.45, 2.75) is 51.7 Å². The van der Waals surface area contributed by atoms with Gasteiger partial charge in [0.05, 0.1) is 6.61 Å². The molecular weight excluding hydrogens is 334 g/mol. The average Bonchev–Trinajstić information content (AvgIpc) is 2.60. The molecule has 2 rings (SSSR count). The van der Waals surface area contributed by atoms with Gasteiger partial charge < -0.3 is 4.43 Å². The SMILES string of the molecule is CC(/C=C/CO[Si](C)(C)C(C)(C)C)C(c1ccccc1)c1ccncc1. The topological polar surface area (TPSA) is 22.1 Å². The fourth-order valence-corrected chi connectivity index (χ4v) is 3.83. The zero-order valence-electron chi connectivity index (χ0n) is 17.1. The number of allylic oxidation sites excluding steroid dienone is 1. The smallest absolute Gasteiger partial charge is 0.192 e. The molecule has 0 N–H and O–H groups in total. The van der Waals surface area contributed by atoms with Gasteiger partial charge in [0.2, 0.25) is 0 Å². The summed E-state index contributed by atoms with van der Waals surface area (Å²) < 4.78 is 6.28. The molecule has 1 aromatic carbocycles. The van der Waals surface area contributed by atoms with E-state index in [1.807, 2.05) is 12.4 Å². The molecule has 2 atom stereocenters. The van der Waals surface area contributed by atoms with E-state index in [0.29, 0.717) is 18.4 Å². The van der Waals surface area contributed by atoms with E-state index < -0.39 is 8.32 Å². The van der Waals surface area contributed by atoms with Crippen LogP contribution in [0.25, 0.3) is 0 Å². The minimum atomic E-state index is -1.69. The quantitative estimate of drug-likeness (QED) is 0.415. The molecule has 0 spiro atoms. The van der Waals surface area contributed by atoms with Crippen LogP contribution in [0.2, 0.25) is 18.1 Å². The summed E-state index contributed by atoms with van der Waals surface area (Å²) in [5, 5.41) is 0.246. The molecule has 2 aromatic rings. The Kier molecular flexibility index (Phi) is 6.96. The maximum atomic E-state index is 6.28. The van der Waals surface area contributed by atoms with Gasteiger partial charge in [0.1, 0.15) is 0 Å². The Balaban J connectivity index is 2.12. The second-order valence-electron chi connectivity index (χ2n) is 8.53. The monoisotopic (exact) mass is 367 g/mol. The molecular formula is C23H33NOSi. The summed E-state index contributed by atoms with van der Waals surface area (Å²) in [7, 11) is -1.69. The summed E-state index contributed by atoms with van der Waals surface area (Å²) in [6.07, 6.45) is 8.25. The maximum Gasteiger partial charge on any atom is 0.192 e. The molecule has 0 saturated heterocycles. The Morgan fingerprint density at radius 1 is 1.00 bits per heavy atom. The molecule has 3 heteroatoms. The van der Waals surface area contributed by atoms with Crippen molar-refractivity contribution in [1.29, 1.82) is 0 Å². The van der Waals surface area contributed by atoms with Gasteiger partial charge in [-0.25, -0.2) is 0 Å². The van der Waals surface area contributed by atoms with Crippen LogP contribution in [0.5, 0.6) is 0 Å². The first-order valence-corrected chi connectivity index (χ1v) is 12.4. The van der Waals surface area contributed by atoms with E-state index in [1.54, 1.807) is 0 Å². The molecule has 0 aliphatic carbocycles. The number of aromatic nitrogens is 1. The van der Waals surface area contributed by atoms with Crippen molar-refractivity contribution >= 4 is 8.32 Å². The second-order valence-corrected chi connectivity index (χ2v) is 13.3. The van der Waals surface area contributed by atoms with Crippen LogP contribution in [0.4, 0.5) is 0 Å². The molecule has 0 saturated carbocycles. The van der Waals surface area contributed by atoms with Gasteiger partial charge in [-0.1, -0.05) is 70.2 Å². The highest BCUT2D eigenvalue weighted by molar-refractivity contribution is 6.74. The first-order chi connectivity index (χ1) is 12.2. The van der Waals surface area contributed by atoms with Gasteiger partial charge in [-0.05, 0) is 47.3 Å². The minimum absolute atomic E-state index is 0.246. The fraction of sp³-hybridized carbons (Fsp3) is 0.435. The standard InChI is InChI=1S/C23H33NOSi/c1-19(11-10-18-25-26(5,6)23(2,3)4)22(20-12-8-7-9-13-20)21-14-16-24-17-15-21/h7-17,19,22H,18H2,1-6H3/b11-10+. The third kappa shape index (κ3) is 5.39. The number of rotatable bonds is 7. The molecule has 0 amide bonds. The Labute approximate surface area is 160 Å². The van der Waals surface area contributed by atoms with Crippen molar-refractivity contribution in [2.75, 3.05) is 6.61 Å². The van der Waals surface area contributed by atoms with Gasteiger partial charge in [0, 0.05) is 18.3 Å². The molecule has 1 aromatic heterocycles. The van der Waals surface area contributed by atoms with Gasteiger partial charge in [-0.15, -0.1) is 0 Å². The molecule has 140 valence electrons. The van der Waals surface area contributed by atoms with Crippen LogP contribution >= 0.6 is 0 Å². The van der Waals surface area contributed by atoms with Gasteiger partial charge >= 0.3 is 0 Å². The Morgan fingerprint density at radius 3 is 2.15 bits per heavy atom. The second kappa shape index (κ2) is 8.78. The van der Waals surface area contributed by atoms with Crippen LogP contribution in [0, 0.1) is 5.92 Å². The highest BCUT2D eigenvalue weighted by atomic mass is 28.4. The predicted molar refractivity (Wildman–Crippen MR) is 114 cm³/mol. The van der Waals surface area contributed by atoms with Crippen molar-refractivity contribution in [3.8, 4) is 0 Å². The average molecular weight is 368 g/mol. The Morgan fingerprint density at radius 2 is 1.58 bits per heavy atom. The zero-order valence-corrected chi connectivity index (χ0v) is 18.1. The predicted octanol–water partition coefficient (Wildman–Crippen LogP) is 6.43. The molecule has 2 nitrogen and oxygen atoms in total. The van der Waals surface area contributed by atoms with E-state index in [0.717, 1.165) is 0 Å². The molecule has 2 unspecified atom stereocenters. The summed E-state index contributed by atoms with van der Waals surface area (Å²) in [6.45, 7) is 14.4. The highest BCUT2D eigenvalue weighted by Gasteiger charge is 2.36. The first-order valence-electron chi connectivity index (χ1n) is 9.48. The highest BCUT2D eigenvalue weighted by Crippen LogP contribution is 2.36. The molecule has 0 aliphatic heterocycles. The summed E-state index contributed by atoms with van der Waals surface area (Å²) in [5.74, 6) is 0.700. The lowest BCUT2D eigenvalue weighted by molar-refractivity contribution is 0.327. The van der Waals surface area contributed by atoms with Gasteiger partial charge in [0.15, 0.2) is 8.32 Å². The van der Waals surface area contributed by atoms with Crippen molar-refractivity contribution < 1.29 is 4.43 Å². The van der Waals surface area contributed by atoms with Gasteiger partial charge in [-0.2, -0.15) is 0 Å². The maximum absolute atomic E-state index is 6.28. The number of nitrogens with zero attached hydrogens (tertiary/aromatic N) is 1. The van der Waals surface area contributed by atoms with Crippen molar-refractivity contribution in [1.82, 2.24) is 4.98 Å². The summed E-state index contributed by atoms with van der Waals surface area (Å²) in [6, 6.07) is 15.0. The van der Waals surface area contributed by atoms with E-state index >= 15 is 0 Å². The molecule has 1 heterocycles. The number of hydrogen-bond acceptors (Lipinski definition) is 2. The van der Waals surface area contributed by atoms with Crippen LogP contribution in [0.1, 0.15) is 44.7 Å². The van der Waals surface area contributed by atoms with Crippen LogP contribution in [-0.4, -0.2) is 19.9 Å². The number of pyridine rings is 1. The summed E-state index contributed by atoms with van der Waals surface area (Å²) in [4.78, 5) is 4.17. The fourth-order valence-electron chi connectivity index (χ4n) is 2.88. The first kappa shape index (κ1) is 20.6. The number of hydrogen-bond donors (Lipinski definition) is 0. The van der Waals surface area contributed by atoms with E-state index in [2.05, 4.69) is 100 Å². The molecule has 0 fully saturated rings.